The van der Waals surface area contributed by atoms with Crippen LogP contribution in [0.2, 0.25) is 0 Å². The Morgan fingerprint density at radius 3 is 2.68 bits per heavy atom. The molecular weight excluding hydrogens is 357 g/mol. The van der Waals surface area contributed by atoms with Gasteiger partial charge in [-0.25, -0.2) is 9.18 Å². The van der Waals surface area contributed by atoms with Gasteiger partial charge in [-0.3, -0.25) is 4.79 Å². The Morgan fingerprint density at radius 2 is 1.93 bits per heavy atom. The topological polar surface area (TPSA) is 61.4 Å². The van der Waals surface area contributed by atoms with Crippen molar-refractivity contribution in [3.8, 4) is 0 Å². The van der Waals surface area contributed by atoms with Gasteiger partial charge < -0.3 is 15.5 Å². The molecule has 1 aliphatic rings. The number of nitrogens with zero attached hydrogens (tertiary/aromatic N) is 1. The fourth-order valence-corrected chi connectivity index (χ4v) is 3.48. The van der Waals surface area contributed by atoms with E-state index < -0.39 is 5.82 Å². The first-order valence-corrected chi connectivity index (χ1v) is 9.64. The van der Waals surface area contributed by atoms with Crippen molar-refractivity contribution in [2.75, 3.05) is 18.4 Å². The summed E-state index contributed by atoms with van der Waals surface area (Å²) < 4.78 is 13.3. The number of rotatable bonds is 4. The van der Waals surface area contributed by atoms with E-state index in [2.05, 4.69) is 10.6 Å². The van der Waals surface area contributed by atoms with Gasteiger partial charge in [-0.05, 0) is 62.6 Å². The average Bonchev–Trinajstić information content (AvgIpc) is 2.68. The van der Waals surface area contributed by atoms with Crippen molar-refractivity contribution < 1.29 is 14.0 Å². The normalized spacial score (nSPS) is 16.7. The van der Waals surface area contributed by atoms with Crippen molar-refractivity contribution in [2.45, 2.75) is 38.6 Å². The lowest BCUT2D eigenvalue weighted by atomic mass is 9.89. The highest BCUT2D eigenvalue weighted by Crippen LogP contribution is 2.27. The number of amides is 3. The number of carbonyl (C=O) groups is 2. The van der Waals surface area contributed by atoms with Gasteiger partial charge in [0.25, 0.3) is 5.91 Å². The monoisotopic (exact) mass is 383 g/mol. The van der Waals surface area contributed by atoms with Gasteiger partial charge in [0, 0.05) is 36.3 Å². The molecule has 0 spiro atoms. The lowest BCUT2D eigenvalue weighted by molar-refractivity contribution is 0.102. The molecule has 1 fully saturated rings. The summed E-state index contributed by atoms with van der Waals surface area (Å²) in [5.74, 6) is -0.486. The van der Waals surface area contributed by atoms with Crippen LogP contribution in [0.4, 0.5) is 14.9 Å². The minimum atomic E-state index is -0.395. The van der Waals surface area contributed by atoms with Crippen LogP contribution in [-0.2, 0) is 0 Å². The van der Waals surface area contributed by atoms with Crippen molar-refractivity contribution in [1.29, 1.82) is 0 Å². The lowest BCUT2D eigenvalue weighted by Crippen LogP contribution is -2.47. The predicted molar refractivity (Wildman–Crippen MR) is 108 cm³/mol. The molecule has 2 N–H and O–H groups in total. The van der Waals surface area contributed by atoms with Gasteiger partial charge >= 0.3 is 6.03 Å². The van der Waals surface area contributed by atoms with Gasteiger partial charge in [0.15, 0.2) is 0 Å². The number of nitrogens with one attached hydrogen (secondary N) is 2. The summed E-state index contributed by atoms with van der Waals surface area (Å²) in [5.41, 5.74) is 1.98. The summed E-state index contributed by atoms with van der Waals surface area (Å²) >= 11 is 0. The standard InChI is InChI=1S/C22H26FN3O2/c1-15(2)24-22(28)26-11-5-8-18(14-26)16-6-3-7-17(12-16)21(27)25-20-10-4-9-19(23)13-20/h3-4,6-7,9-10,12-13,15,18H,5,8,11,14H2,1-2H3,(H,24,28)(H,25,27)/t18-/m1/s1. The van der Waals surface area contributed by atoms with Crippen LogP contribution in [0.5, 0.6) is 0 Å². The number of urea groups is 1. The molecule has 1 heterocycles. The minimum absolute atomic E-state index is 0.0419. The summed E-state index contributed by atoms with van der Waals surface area (Å²) in [6.07, 6.45) is 1.90. The highest BCUT2D eigenvalue weighted by atomic mass is 19.1. The second-order valence-electron chi connectivity index (χ2n) is 7.48. The number of benzene rings is 2. The first kappa shape index (κ1) is 19.9. The molecule has 28 heavy (non-hydrogen) atoms. The Morgan fingerprint density at radius 1 is 1.14 bits per heavy atom. The number of anilines is 1. The number of halogens is 1. The van der Waals surface area contributed by atoms with E-state index in [9.17, 15) is 14.0 Å². The molecule has 0 radical (unpaired) electrons. The third kappa shape index (κ3) is 5.09. The fraction of sp³-hybridized carbons (Fsp3) is 0.364. The van der Waals surface area contributed by atoms with Gasteiger partial charge in [0.2, 0.25) is 0 Å². The van der Waals surface area contributed by atoms with Crippen LogP contribution >= 0.6 is 0 Å². The highest BCUT2D eigenvalue weighted by Gasteiger charge is 2.25. The Balaban J connectivity index is 1.70. The minimum Gasteiger partial charge on any atom is -0.336 e. The lowest BCUT2D eigenvalue weighted by Gasteiger charge is -2.33. The van der Waals surface area contributed by atoms with Crippen LogP contribution in [-0.4, -0.2) is 36.0 Å². The average molecular weight is 383 g/mol. The van der Waals surface area contributed by atoms with E-state index in [1.807, 2.05) is 36.9 Å². The summed E-state index contributed by atoms with van der Waals surface area (Å²) in [5, 5.41) is 5.66. The number of likely N-dealkylation sites (tertiary alicyclic amines) is 1. The van der Waals surface area contributed by atoms with Crippen molar-refractivity contribution in [3.63, 3.8) is 0 Å². The first-order valence-electron chi connectivity index (χ1n) is 9.64. The molecule has 0 aliphatic carbocycles. The summed E-state index contributed by atoms with van der Waals surface area (Å²) in [4.78, 5) is 26.7. The molecule has 0 bridgehead atoms. The summed E-state index contributed by atoms with van der Waals surface area (Å²) in [6, 6.07) is 13.3. The van der Waals surface area contributed by atoms with Gasteiger partial charge in [0.1, 0.15) is 5.82 Å². The summed E-state index contributed by atoms with van der Waals surface area (Å²) in [7, 11) is 0. The fourth-order valence-electron chi connectivity index (χ4n) is 3.48. The van der Waals surface area contributed by atoms with Crippen molar-refractivity contribution in [3.05, 3.63) is 65.5 Å². The molecule has 5 nitrogen and oxygen atoms in total. The van der Waals surface area contributed by atoms with Crippen molar-refractivity contribution in [1.82, 2.24) is 10.2 Å². The molecule has 148 valence electrons. The molecule has 1 atom stereocenters. The molecule has 0 unspecified atom stereocenters. The molecule has 3 rings (SSSR count). The second-order valence-corrected chi connectivity index (χ2v) is 7.48. The number of hydrogen-bond donors (Lipinski definition) is 2. The molecule has 2 aromatic carbocycles. The van der Waals surface area contributed by atoms with Crippen LogP contribution in [0, 0.1) is 5.82 Å². The van der Waals surface area contributed by atoms with Crippen LogP contribution in [0.3, 0.4) is 0 Å². The van der Waals surface area contributed by atoms with Crippen molar-refractivity contribution >= 4 is 17.6 Å². The van der Waals surface area contributed by atoms with Gasteiger partial charge in [0.05, 0.1) is 0 Å². The van der Waals surface area contributed by atoms with Gasteiger partial charge in [-0.1, -0.05) is 18.2 Å². The van der Waals surface area contributed by atoms with E-state index in [1.165, 1.54) is 12.1 Å². The van der Waals surface area contributed by atoms with Crippen LogP contribution in [0.1, 0.15) is 48.5 Å². The van der Waals surface area contributed by atoms with Crippen LogP contribution in [0.25, 0.3) is 0 Å². The third-order valence-electron chi connectivity index (χ3n) is 4.82. The Hall–Kier alpha value is -2.89. The van der Waals surface area contributed by atoms with Gasteiger partial charge in [-0.15, -0.1) is 0 Å². The molecule has 1 aliphatic heterocycles. The van der Waals surface area contributed by atoms with E-state index in [-0.39, 0.29) is 23.9 Å². The third-order valence-corrected chi connectivity index (χ3v) is 4.82. The molecule has 1 saturated heterocycles. The molecule has 0 saturated carbocycles. The quantitative estimate of drug-likeness (QED) is 0.823. The maximum absolute atomic E-state index is 13.3. The maximum Gasteiger partial charge on any atom is 0.317 e. The number of hydrogen-bond acceptors (Lipinski definition) is 2. The zero-order chi connectivity index (χ0) is 20.1. The predicted octanol–water partition coefficient (Wildman–Crippen LogP) is 4.38. The molecule has 0 aromatic heterocycles. The molecular formula is C22H26FN3O2. The summed E-state index contributed by atoms with van der Waals surface area (Å²) in [6.45, 7) is 5.27. The maximum atomic E-state index is 13.3. The highest BCUT2D eigenvalue weighted by molar-refractivity contribution is 6.04. The first-order chi connectivity index (χ1) is 13.4. The molecule has 2 aromatic rings. The zero-order valence-electron chi connectivity index (χ0n) is 16.2. The largest absolute Gasteiger partial charge is 0.336 e. The Kier molecular flexibility index (Phi) is 6.29. The molecule has 6 heteroatoms. The van der Waals surface area contributed by atoms with E-state index in [1.54, 1.807) is 18.2 Å². The van der Waals surface area contributed by atoms with E-state index in [0.717, 1.165) is 24.9 Å². The van der Waals surface area contributed by atoms with Crippen LogP contribution < -0.4 is 10.6 Å². The van der Waals surface area contributed by atoms with E-state index in [4.69, 9.17) is 0 Å². The van der Waals surface area contributed by atoms with Gasteiger partial charge in [-0.2, -0.15) is 0 Å². The van der Waals surface area contributed by atoms with Crippen molar-refractivity contribution in [2.24, 2.45) is 0 Å². The molecule has 3 amide bonds. The second kappa shape index (κ2) is 8.87. The SMILES string of the molecule is CC(C)NC(=O)N1CCC[C@@H](c2cccc(C(=O)Nc3cccc(F)c3)c2)C1. The Labute approximate surface area is 164 Å². The van der Waals surface area contributed by atoms with E-state index in [0.29, 0.717) is 17.8 Å². The van der Waals surface area contributed by atoms with E-state index >= 15 is 0 Å². The number of piperidine rings is 1. The number of carbonyl (C=O) groups excluding carboxylic acids is 2. The van der Waals surface area contributed by atoms with Crippen LogP contribution in [0.15, 0.2) is 48.5 Å². The zero-order valence-corrected chi connectivity index (χ0v) is 16.2. The smallest absolute Gasteiger partial charge is 0.317 e. The Bertz CT molecular complexity index is 853.